The molecule has 0 amide bonds. The molecule has 0 N–H and O–H groups in total. The first-order valence-electron chi connectivity index (χ1n) is 28.1. The molecule has 0 aliphatic carbocycles. The molecule has 0 fully saturated rings. The molecule has 1 atom stereocenters. The first-order valence-corrected chi connectivity index (χ1v) is 28.1. The van der Waals surface area contributed by atoms with E-state index in [2.05, 4.69) is 69.4 Å². The number of unbranched alkanes of at least 4 members (excludes halogenated alkanes) is 32. The van der Waals surface area contributed by atoms with Crippen LogP contribution in [0.4, 0.5) is 0 Å². The third kappa shape index (κ3) is 52.2. The van der Waals surface area contributed by atoms with Gasteiger partial charge in [-0.1, -0.05) is 243 Å². The molecule has 0 unspecified atom stereocenters. The fourth-order valence-electron chi connectivity index (χ4n) is 8.04. The molecule has 0 rings (SSSR count). The van der Waals surface area contributed by atoms with E-state index >= 15 is 0 Å². The lowest BCUT2D eigenvalue weighted by Gasteiger charge is -2.18. The zero-order valence-electron chi connectivity index (χ0n) is 43.3. The Morgan fingerprint density at radius 3 is 0.938 bits per heavy atom. The van der Waals surface area contributed by atoms with Crippen LogP contribution < -0.4 is 0 Å². The van der Waals surface area contributed by atoms with Crippen LogP contribution in [0.15, 0.2) is 48.6 Å². The molecule has 6 heteroatoms. The van der Waals surface area contributed by atoms with Gasteiger partial charge >= 0.3 is 17.9 Å². The fraction of sp³-hybridized carbons (Fsp3) is 0.814. The number of carbonyl (C=O) groups excluding carboxylic acids is 3. The summed E-state index contributed by atoms with van der Waals surface area (Å²) in [6.45, 7) is 6.60. The van der Waals surface area contributed by atoms with E-state index in [4.69, 9.17) is 14.2 Å². The van der Waals surface area contributed by atoms with Crippen molar-refractivity contribution in [1.82, 2.24) is 0 Å². The minimum absolute atomic E-state index is 0.0903. The summed E-state index contributed by atoms with van der Waals surface area (Å²) >= 11 is 0. The second-order valence-corrected chi connectivity index (χ2v) is 18.8. The molecule has 0 heterocycles. The molecule has 0 aliphatic heterocycles. The molecule has 0 saturated carbocycles. The predicted molar refractivity (Wildman–Crippen MR) is 279 cm³/mol. The van der Waals surface area contributed by atoms with Gasteiger partial charge in [0.2, 0.25) is 0 Å². The minimum Gasteiger partial charge on any atom is -0.462 e. The van der Waals surface area contributed by atoms with Crippen molar-refractivity contribution in [3.63, 3.8) is 0 Å². The molecule has 0 saturated heterocycles. The molecule has 0 aromatic rings. The predicted octanol–water partition coefficient (Wildman–Crippen LogP) is 18.7. The molecule has 0 spiro atoms. The SMILES string of the molecule is CCCCCCCC/C=C\C/C=C\C/C=C\CCCC(=O)OC[C@H](COC(=O)CCCCCCC/C=C\CCCCCCCC)OC(=O)CCCCCCCCCCCCCCCCC. The summed E-state index contributed by atoms with van der Waals surface area (Å²) < 4.78 is 16.8. The van der Waals surface area contributed by atoms with Gasteiger partial charge in [0.1, 0.15) is 13.2 Å². The fourth-order valence-corrected chi connectivity index (χ4v) is 8.04. The number of hydrogen-bond donors (Lipinski definition) is 0. The van der Waals surface area contributed by atoms with Crippen LogP contribution in [-0.2, 0) is 28.6 Å². The van der Waals surface area contributed by atoms with E-state index in [0.29, 0.717) is 25.7 Å². The lowest BCUT2D eigenvalue weighted by Crippen LogP contribution is -2.30. The number of ether oxygens (including phenoxy) is 3. The Bertz CT molecular complexity index is 1140. The van der Waals surface area contributed by atoms with Gasteiger partial charge < -0.3 is 14.2 Å². The average Bonchev–Trinajstić information content (AvgIpc) is 3.30. The molecule has 0 aromatic heterocycles. The van der Waals surface area contributed by atoms with Gasteiger partial charge in [-0.25, -0.2) is 0 Å². The monoisotopic (exact) mass is 911 g/mol. The van der Waals surface area contributed by atoms with Crippen molar-refractivity contribution in [3.8, 4) is 0 Å². The van der Waals surface area contributed by atoms with E-state index in [-0.39, 0.29) is 31.1 Å². The van der Waals surface area contributed by atoms with E-state index in [1.54, 1.807) is 0 Å². The molecule has 0 aliphatic rings. The van der Waals surface area contributed by atoms with Crippen LogP contribution in [0.25, 0.3) is 0 Å². The van der Waals surface area contributed by atoms with E-state index in [9.17, 15) is 14.4 Å². The Morgan fingerprint density at radius 2 is 0.569 bits per heavy atom. The number of allylic oxidation sites excluding steroid dienone is 8. The van der Waals surface area contributed by atoms with Gasteiger partial charge in [0.15, 0.2) is 6.10 Å². The van der Waals surface area contributed by atoms with Crippen LogP contribution in [0.5, 0.6) is 0 Å². The van der Waals surface area contributed by atoms with Gasteiger partial charge in [-0.15, -0.1) is 0 Å². The molecular weight excluding hydrogens is 805 g/mol. The van der Waals surface area contributed by atoms with E-state index in [1.807, 2.05) is 0 Å². The zero-order valence-corrected chi connectivity index (χ0v) is 43.3. The topological polar surface area (TPSA) is 78.9 Å². The van der Waals surface area contributed by atoms with Gasteiger partial charge in [0.05, 0.1) is 0 Å². The molecule has 0 bridgehead atoms. The highest BCUT2D eigenvalue weighted by Gasteiger charge is 2.19. The third-order valence-electron chi connectivity index (χ3n) is 12.3. The summed E-state index contributed by atoms with van der Waals surface area (Å²) in [5.74, 6) is -0.939. The molecule has 0 radical (unpaired) electrons. The lowest BCUT2D eigenvalue weighted by atomic mass is 10.0. The van der Waals surface area contributed by atoms with Crippen LogP contribution in [0.2, 0.25) is 0 Å². The first-order chi connectivity index (χ1) is 32.0. The largest absolute Gasteiger partial charge is 0.462 e. The highest BCUT2D eigenvalue weighted by molar-refractivity contribution is 5.71. The van der Waals surface area contributed by atoms with Gasteiger partial charge in [0, 0.05) is 19.3 Å². The van der Waals surface area contributed by atoms with Gasteiger partial charge in [0.25, 0.3) is 0 Å². The zero-order chi connectivity index (χ0) is 47.2. The maximum Gasteiger partial charge on any atom is 0.306 e. The number of hydrogen-bond acceptors (Lipinski definition) is 6. The van der Waals surface area contributed by atoms with Crippen molar-refractivity contribution >= 4 is 17.9 Å². The van der Waals surface area contributed by atoms with E-state index in [0.717, 1.165) is 64.2 Å². The Morgan fingerprint density at radius 1 is 0.308 bits per heavy atom. The molecule has 0 aromatic carbocycles. The second-order valence-electron chi connectivity index (χ2n) is 18.8. The summed E-state index contributed by atoms with van der Waals surface area (Å²) in [7, 11) is 0. The summed E-state index contributed by atoms with van der Waals surface area (Å²) in [5.41, 5.74) is 0. The smallest absolute Gasteiger partial charge is 0.306 e. The van der Waals surface area contributed by atoms with Crippen LogP contribution >= 0.6 is 0 Å². The van der Waals surface area contributed by atoms with Crippen molar-refractivity contribution in [2.45, 2.75) is 297 Å². The van der Waals surface area contributed by atoms with Crippen molar-refractivity contribution in [1.29, 1.82) is 0 Å². The Hall–Kier alpha value is -2.63. The minimum atomic E-state index is -0.794. The highest BCUT2D eigenvalue weighted by atomic mass is 16.6. The Kier molecular flexibility index (Phi) is 51.8. The van der Waals surface area contributed by atoms with E-state index < -0.39 is 6.10 Å². The maximum absolute atomic E-state index is 12.8. The van der Waals surface area contributed by atoms with Crippen LogP contribution in [0.3, 0.4) is 0 Å². The van der Waals surface area contributed by atoms with Gasteiger partial charge in [-0.3, -0.25) is 14.4 Å². The first kappa shape index (κ1) is 62.4. The van der Waals surface area contributed by atoms with Gasteiger partial charge in [-0.2, -0.15) is 0 Å². The quantitative estimate of drug-likeness (QED) is 0.0262. The summed E-state index contributed by atoms with van der Waals surface area (Å²) in [4.78, 5) is 38.1. The summed E-state index contributed by atoms with van der Waals surface area (Å²) in [6, 6.07) is 0. The lowest BCUT2D eigenvalue weighted by molar-refractivity contribution is -0.167. The Balaban J connectivity index is 4.44. The number of esters is 3. The van der Waals surface area contributed by atoms with Crippen molar-refractivity contribution < 1.29 is 28.6 Å². The van der Waals surface area contributed by atoms with Gasteiger partial charge in [-0.05, 0) is 77.0 Å². The molecule has 65 heavy (non-hydrogen) atoms. The van der Waals surface area contributed by atoms with Crippen molar-refractivity contribution in [2.75, 3.05) is 13.2 Å². The van der Waals surface area contributed by atoms with Crippen LogP contribution in [0, 0.1) is 0 Å². The highest BCUT2D eigenvalue weighted by Crippen LogP contribution is 2.16. The van der Waals surface area contributed by atoms with E-state index in [1.165, 1.54) is 180 Å². The molecule has 6 nitrogen and oxygen atoms in total. The number of carbonyl (C=O) groups is 3. The molecule has 378 valence electrons. The second kappa shape index (κ2) is 54.0. The van der Waals surface area contributed by atoms with Crippen molar-refractivity contribution in [3.05, 3.63) is 48.6 Å². The van der Waals surface area contributed by atoms with Crippen LogP contribution in [0.1, 0.15) is 290 Å². The average molecular weight is 911 g/mol. The molecular formula is C59H106O6. The third-order valence-corrected chi connectivity index (χ3v) is 12.3. The normalized spacial score (nSPS) is 12.4. The number of rotatable bonds is 51. The van der Waals surface area contributed by atoms with Crippen LogP contribution in [-0.4, -0.2) is 37.2 Å². The Labute approximate surface area is 403 Å². The summed E-state index contributed by atoms with van der Waals surface area (Å²) in [6.07, 6.45) is 65.3. The maximum atomic E-state index is 12.8. The van der Waals surface area contributed by atoms with Crippen molar-refractivity contribution in [2.24, 2.45) is 0 Å². The standard InChI is InChI=1S/C59H106O6/c1-4-7-10-13-16-19-22-25-28-29-32-34-37-40-43-46-49-52-58(61)64-55-56(65-59(62)53-50-47-44-41-38-35-31-27-24-21-18-15-12-9-6-3)54-63-57(60)51-48-45-42-39-36-33-30-26-23-20-17-14-11-8-5-2/h25-26,28,30,32,34,40,43,56H,4-24,27,29,31,33,35-39,41-42,44-55H2,1-3H3/b28-25-,30-26-,34-32-,43-40-/t56-/m0/s1. The summed E-state index contributed by atoms with van der Waals surface area (Å²) in [5, 5.41) is 0.